The summed E-state index contributed by atoms with van der Waals surface area (Å²) in [6.45, 7) is -2.13. The van der Waals surface area contributed by atoms with E-state index >= 15 is 0 Å². The number of amides is 1. The summed E-state index contributed by atoms with van der Waals surface area (Å²) < 4.78 is 65.7. The first-order valence-corrected chi connectivity index (χ1v) is 15.2. The largest absolute Gasteiger partial charge is 0.478 e. The van der Waals surface area contributed by atoms with E-state index < -0.39 is 58.6 Å². The SMILES string of the molecule is O=C(O)c1ccncc1-n1nc(Cn2nc(-c3ccc(Cl)cc3)n(C[C@H](O)C(F)(F)F)c2=O)nc1C(=O)N1CCS(=O)(=O)CC1. The normalized spacial score (nSPS) is 15.6. The van der Waals surface area contributed by atoms with Gasteiger partial charge in [0.1, 0.15) is 12.2 Å². The Bertz CT molecular complexity index is 1930. The zero-order valence-corrected chi connectivity index (χ0v) is 24.4. The fourth-order valence-corrected chi connectivity index (χ4v) is 5.78. The number of carboxylic acid groups (broad SMARTS) is 1. The van der Waals surface area contributed by atoms with Crippen LogP contribution in [0.2, 0.25) is 5.02 Å². The second kappa shape index (κ2) is 12.1. The minimum absolute atomic E-state index is 0.169. The molecule has 0 aliphatic carbocycles. The molecule has 20 heteroatoms. The summed E-state index contributed by atoms with van der Waals surface area (Å²) in [5.74, 6) is -3.75. The van der Waals surface area contributed by atoms with Crippen LogP contribution >= 0.6 is 11.6 Å². The van der Waals surface area contributed by atoms with Crippen LogP contribution in [0.3, 0.4) is 0 Å². The van der Waals surface area contributed by atoms with Crippen LogP contribution in [0.25, 0.3) is 17.1 Å². The van der Waals surface area contributed by atoms with E-state index in [0.29, 0.717) is 9.59 Å². The summed E-state index contributed by atoms with van der Waals surface area (Å²) in [7, 11) is -3.37. The summed E-state index contributed by atoms with van der Waals surface area (Å²) in [6.07, 6.45) is -5.65. The fourth-order valence-electron chi connectivity index (χ4n) is 4.45. The molecule has 1 aromatic carbocycles. The van der Waals surface area contributed by atoms with Gasteiger partial charge in [0.05, 0.1) is 29.8 Å². The van der Waals surface area contributed by atoms with Gasteiger partial charge in [-0.2, -0.15) is 13.2 Å². The van der Waals surface area contributed by atoms with Gasteiger partial charge in [-0.1, -0.05) is 11.6 Å². The summed E-state index contributed by atoms with van der Waals surface area (Å²) in [4.78, 5) is 48.0. The number of hydrogen-bond donors (Lipinski definition) is 2. The molecule has 0 bridgehead atoms. The molecule has 0 radical (unpaired) electrons. The lowest BCUT2D eigenvalue weighted by Crippen LogP contribution is -2.44. The lowest BCUT2D eigenvalue weighted by Gasteiger charge is -2.26. The van der Waals surface area contributed by atoms with Gasteiger partial charge < -0.3 is 15.1 Å². The van der Waals surface area contributed by atoms with Gasteiger partial charge in [0.25, 0.3) is 5.91 Å². The van der Waals surface area contributed by atoms with Crippen molar-refractivity contribution in [2.24, 2.45) is 0 Å². The number of carbonyl (C=O) groups excluding carboxylic acids is 1. The molecule has 1 amide bonds. The number of aliphatic hydroxyl groups excluding tert-OH is 1. The highest BCUT2D eigenvalue weighted by Crippen LogP contribution is 2.24. The predicted molar refractivity (Wildman–Crippen MR) is 149 cm³/mol. The Hall–Kier alpha value is -4.62. The van der Waals surface area contributed by atoms with Gasteiger partial charge in [-0.05, 0) is 30.3 Å². The van der Waals surface area contributed by atoms with Crippen molar-refractivity contribution in [2.45, 2.75) is 25.4 Å². The molecule has 1 atom stereocenters. The predicted octanol–water partition coefficient (Wildman–Crippen LogP) is 0.881. The number of hydrogen-bond acceptors (Lipinski definition) is 10. The number of carbonyl (C=O) groups is 2. The van der Waals surface area contributed by atoms with E-state index in [9.17, 15) is 46.2 Å². The van der Waals surface area contributed by atoms with Gasteiger partial charge in [0.15, 0.2) is 27.6 Å². The molecule has 15 nitrogen and oxygen atoms in total. The molecule has 1 fully saturated rings. The molecule has 2 N–H and O–H groups in total. The number of carboxylic acids is 1. The molecule has 5 rings (SSSR count). The first-order chi connectivity index (χ1) is 21.1. The minimum atomic E-state index is -5.05. The number of aromatic carboxylic acids is 1. The molecule has 1 aliphatic rings. The second-order valence-corrected chi connectivity index (χ2v) is 12.6. The highest BCUT2D eigenvalue weighted by atomic mass is 35.5. The number of sulfone groups is 1. The molecular weight excluding hydrogens is 649 g/mol. The summed E-state index contributed by atoms with van der Waals surface area (Å²) in [5, 5.41) is 28.1. The summed E-state index contributed by atoms with van der Waals surface area (Å²) >= 11 is 5.92. The fraction of sp³-hybridized carbons (Fsp3) is 0.320. The molecule has 0 saturated carbocycles. The molecule has 238 valence electrons. The summed E-state index contributed by atoms with van der Waals surface area (Å²) in [5.41, 5.74) is -1.38. The first-order valence-electron chi connectivity index (χ1n) is 13.0. The standard InChI is InChI=1S/C25H22ClF3N8O7S/c26-15-3-1-14(2-4-15)20-33-36(24(42)35(20)12-18(38)25(27,28)29)13-19-31-21(22(39)34-7-9-45(43,44)10-8-34)37(32-19)17-11-30-6-5-16(17)23(40)41/h1-6,11,18,38H,7-10,12-13H2,(H,40,41)/t18-/m0/s1. The molecule has 0 spiro atoms. The molecule has 0 unspecified atom stereocenters. The van der Waals surface area contributed by atoms with Crippen LogP contribution in [0, 0.1) is 0 Å². The third kappa shape index (κ3) is 6.74. The first kappa shape index (κ1) is 31.8. The maximum absolute atomic E-state index is 13.5. The number of aromatic nitrogens is 7. The van der Waals surface area contributed by atoms with E-state index in [1.54, 1.807) is 0 Å². The van der Waals surface area contributed by atoms with Crippen molar-refractivity contribution in [3.63, 3.8) is 0 Å². The van der Waals surface area contributed by atoms with Crippen LogP contribution in [-0.2, 0) is 22.9 Å². The molecule has 3 aromatic heterocycles. The lowest BCUT2D eigenvalue weighted by molar-refractivity contribution is -0.207. The number of nitrogens with zero attached hydrogens (tertiary/aromatic N) is 8. The average molecular weight is 671 g/mol. The Morgan fingerprint density at radius 1 is 1.07 bits per heavy atom. The van der Waals surface area contributed by atoms with Gasteiger partial charge in [0, 0.05) is 29.9 Å². The molecule has 4 heterocycles. The third-order valence-electron chi connectivity index (χ3n) is 6.78. The molecule has 1 aliphatic heterocycles. The van der Waals surface area contributed by atoms with Crippen LogP contribution in [0.4, 0.5) is 13.2 Å². The van der Waals surface area contributed by atoms with E-state index in [-0.39, 0.29) is 53.1 Å². The number of aliphatic hydroxyl groups is 1. The van der Waals surface area contributed by atoms with Crippen molar-refractivity contribution in [2.75, 3.05) is 24.6 Å². The minimum Gasteiger partial charge on any atom is -0.478 e. The Morgan fingerprint density at radius 3 is 2.36 bits per heavy atom. The van der Waals surface area contributed by atoms with Crippen LogP contribution in [0.5, 0.6) is 0 Å². The van der Waals surface area contributed by atoms with Crippen molar-refractivity contribution in [1.82, 2.24) is 39.0 Å². The molecular formula is C25H22ClF3N8O7S. The maximum Gasteiger partial charge on any atom is 0.416 e. The topological polar surface area (TPSA) is 195 Å². The Balaban J connectivity index is 1.59. The summed E-state index contributed by atoms with van der Waals surface area (Å²) in [6, 6.07) is 6.81. The lowest BCUT2D eigenvalue weighted by atomic mass is 10.2. The van der Waals surface area contributed by atoms with Crippen molar-refractivity contribution in [1.29, 1.82) is 0 Å². The maximum atomic E-state index is 13.5. The van der Waals surface area contributed by atoms with Crippen LogP contribution in [0.15, 0.2) is 47.5 Å². The second-order valence-electron chi connectivity index (χ2n) is 9.84. The van der Waals surface area contributed by atoms with Gasteiger partial charge in [-0.25, -0.2) is 32.4 Å². The van der Waals surface area contributed by atoms with Crippen molar-refractivity contribution >= 4 is 33.3 Å². The Morgan fingerprint density at radius 2 is 1.73 bits per heavy atom. The van der Waals surface area contributed by atoms with Crippen molar-refractivity contribution in [3.8, 4) is 17.1 Å². The van der Waals surface area contributed by atoms with E-state index in [1.165, 1.54) is 35.4 Å². The Kier molecular flexibility index (Phi) is 8.51. The monoisotopic (exact) mass is 670 g/mol. The number of halogens is 4. The number of rotatable bonds is 8. The number of alkyl halides is 3. The number of pyridine rings is 1. The molecule has 4 aromatic rings. The van der Waals surface area contributed by atoms with Crippen LogP contribution in [0.1, 0.15) is 26.8 Å². The Labute approximate surface area is 256 Å². The van der Waals surface area contributed by atoms with Gasteiger partial charge >= 0.3 is 17.8 Å². The highest BCUT2D eigenvalue weighted by molar-refractivity contribution is 7.91. The van der Waals surface area contributed by atoms with Gasteiger partial charge in [0.2, 0.25) is 5.82 Å². The number of benzene rings is 1. The molecule has 1 saturated heterocycles. The van der Waals surface area contributed by atoms with Crippen molar-refractivity contribution in [3.05, 3.63) is 75.4 Å². The quantitative estimate of drug-likeness (QED) is 0.270. The smallest absolute Gasteiger partial charge is 0.416 e. The van der Waals surface area contributed by atoms with E-state index in [2.05, 4.69) is 20.2 Å². The van der Waals surface area contributed by atoms with Crippen molar-refractivity contribution < 1.29 is 41.4 Å². The van der Waals surface area contributed by atoms with Gasteiger partial charge in [-0.15, -0.1) is 10.2 Å². The average Bonchev–Trinajstić information content (AvgIpc) is 3.54. The van der Waals surface area contributed by atoms with Crippen LogP contribution in [-0.4, -0.2) is 106 Å². The third-order valence-corrected chi connectivity index (χ3v) is 8.64. The highest BCUT2D eigenvalue weighted by Gasteiger charge is 2.39. The molecule has 45 heavy (non-hydrogen) atoms. The van der Waals surface area contributed by atoms with E-state index in [0.717, 1.165) is 21.6 Å². The van der Waals surface area contributed by atoms with E-state index in [1.807, 2.05) is 0 Å². The zero-order chi connectivity index (χ0) is 32.7. The zero-order valence-electron chi connectivity index (χ0n) is 22.8. The van der Waals surface area contributed by atoms with Gasteiger partial charge in [-0.3, -0.25) is 14.3 Å². The van der Waals surface area contributed by atoms with Crippen LogP contribution < -0.4 is 5.69 Å². The van der Waals surface area contributed by atoms with E-state index in [4.69, 9.17) is 11.6 Å².